The average Bonchev–Trinajstić information content (AvgIpc) is 2.71. The first-order valence-electron chi connectivity index (χ1n) is 9.48. The van der Waals surface area contributed by atoms with Gasteiger partial charge in [-0.1, -0.05) is 6.07 Å². The number of aromatic nitrogens is 2. The molecule has 1 aromatic heterocycles. The Bertz CT molecular complexity index is 890. The first-order chi connectivity index (χ1) is 13.9. The molecule has 0 atom stereocenters. The summed E-state index contributed by atoms with van der Waals surface area (Å²) in [7, 11) is 1.80. The maximum atomic E-state index is 11.9. The van der Waals surface area contributed by atoms with Crippen molar-refractivity contribution in [2.24, 2.45) is 0 Å². The van der Waals surface area contributed by atoms with Gasteiger partial charge in [-0.2, -0.15) is 0 Å². The van der Waals surface area contributed by atoms with Crippen LogP contribution >= 0.6 is 0 Å². The third kappa shape index (κ3) is 5.31. The Morgan fingerprint density at radius 3 is 2.72 bits per heavy atom. The molecule has 0 saturated carbocycles. The maximum Gasteiger partial charge on any atom is 0.292 e. The van der Waals surface area contributed by atoms with Gasteiger partial charge < -0.3 is 20.4 Å². The van der Waals surface area contributed by atoms with Crippen molar-refractivity contribution in [3.63, 3.8) is 0 Å². The number of rotatable bonds is 8. The number of aryl methyl sites for hydroxylation is 1. The minimum Gasteiger partial charge on any atom is -0.379 e. The van der Waals surface area contributed by atoms with Crippen molar-refractivity contribution in [1.29, 1.82) is 0 Å². The topological polar surface area (TPSA) is 117 Å². The van der Waals surface area contributed by atoms with Crippen LogP contribution in [0.4, 0.5) is 23.0 Å². The second kappa shape index (κ2) is 9.18. The average molecular weight is 399 g/mol. The second-order valence-corrected chi connectivity index (χ2v) is 6.98. The zero-order chi connectivity index (χ0) is 20.8. The van der Waals surface area contributed by atoms with Gasteiger partial charge in [-0.3, -0.25) is 14.9 Å². The highest BCUT2D eigenvalue weighted by Gasteiger charge is 2.22. The van der Waals surface area contributed by atoms with E-state index in [2.05, 4.69) is 20.6 Å². The smallest absolute Gasteiger partial charge is 0.292 e. The van der Waals surface area contributed by atoms with Crippen LogP contribution in [-0.2, 0) is 4.79 Å². The van der Waals surface area contributed by atoms with E-state index in [0.717, 1.165) is 24.3 Å². The number of amides is 1. The fourth-order valence-corrected chi connectivity index (χ4v) is 3.04. The number of anilines is 3. The van der Waals surface area contributed by atoms with E-state index in [0.29, 0.717) is 37.7 Å². The van der Waals surface area contributed by atoms with Gasteiger partial charge in [-0.05, 0) is 25.0 Å². The Labute approximate surface area is 169 Å². The molecule has 0 bridgehead atoms. The number of likely N-dealkylation sites (N-methyl/N-ethyl adjacent to an activating group) is 1. The van der Waals surface area contributed by atoms with Crippen LogP contribution in [0.3, 0.4) is 0 Å². The summed E-state index contributed by atoms with van der Waals surface area (Å²) in [5, 5.41) is 17.5. The van der Waals surface area contributed by atoms with Gasteiger partial charge in [0.25, 0.3) is 5.69 Å². The second-order valence-electron chi connectivity index (χ2n) is 6.98. The standard InChI is InChI=1S/C19H25N7O3/c1-14-4-5-15(16(10-14)26(28)29)20-6-3-7-21-17-11-18(23-13-22-17)25-9-8-24(2)19(27)12-25/h4-5,10-11,13,20H,3,6-9,12H2,1-2H3,(H,21,22,23). The van der Waals surface area contributed by atoms with Gasteiger partial charge in [0.2, 0.25) is 5.91 Å². The number of carbonyl (C=O) groups excluding carboxylic acids is 1. The summed E-state index contributed by atoms with van der Waals surface area (Å²) in [5.74, 6) is 1.47. The number of hydrogen-bond acceptors (Lipinski definition) is 8. The quantitative estimate of drug-likeness (QED) is 0.393. The summed E-state index contributed by atoms with van der Waals surface area (Å²) in [4.78, 5) is 34.8. The summed E-state index contributed by atoms with van der Waals surface area (Å²) >= 11 is 0. The van der Waals surface area contributed by atoms with Gasteiger partial charge >= 0.3 is 0 Å². The lowest BCUT2D eigenvalue weighted by molar-refractivity contribution is -0.384. The molecule has 0 aliphatic carbocycles. The molecule has 0 unspecified atom stereocenters. The zero-order valence-corrected chi connectivity index (χ0v) is 16.6. The van der Waals surface area contributed by atoms with Crippen molar-refractivity contribution in [2.45, 2.75) is 13.3 Å². The van der Waals surface area contributed by atoms with Crippen LogP contribution in [-0.4, -0.2) is 65.5 Å². The van der Waals surface area contributed by atoms with E-state index in [1.54, 1.807) is 24.1 Å². The van der Waals surface area contributed by atoms with Crippen LogP contribution in [0.5, 0.6) is 0 Å². The molecule has 1 aromatic carbocycles. The number of benzene rings is 1. The molecule has 10 heteroatoms. The Balaban J connectivity index is 1.48. The van der Waals surface area contributed by atoms with Gasteiger partial charge in [0.15, 0.2) is 0 Å². The van der Waals surface area contributed by atoms with E-state index in [9.17, 15) is 14.9 Å². The normalized spacial score (nSPS) is 14.1. The summed E-state index contributed by atoms with van der Waals surface area (Å²) in [6.45, 7) is 4.77. The van der Waals surface area contributed by atoms with Gasteiger partial charge in [0, 0.05) is 45.4 Å². The van der Waals surface area contributed by atoms with E-state index >= 15 is 0 Å². The molecule has 154 valence electrons. The van der Waals surface area contributed by atoms with E-state index < -0.39 is 0 Å². The Morgan fingerprint density at radius 2 is 1.97 bits per heavy atom. The summed E-state index contributed by atoms with van der Waals surface area (Å²) in [6.07, 6.45) is 2.23. The molecule has 0 spiro atoms. The SMILES string of the molecule is Cc1ccc(NCCCNc2cc(N3CCN(C)C(=O)C3)ncn2)c([N+](=O)[O-])c1. The predicted molar refractivity (Wildman–Crippen MR) is 111 cm³/mol. The third-order valence-corrected chi connectivity index (χ3v) is 4.76. The van der Waals surface area contributed by atoms with Crippen molar-refractivity contribution < 1.29 is 9.72 Å². The molecular formula is C19H25N7O3. The van der Waals surface area contributed by atoms with Gasteiger partial charge in [0.05, 0.1) is 11.5 Å². The molecule has 3 rings (SSSR count). The number of nitrogens with one attached hydrogen (secondary N) is 2. The number of piperazine rings is 1. The molecule has 1 amide bonds. The van der Waals surface area contributed by atoms with Crippen LogP contribution in [0, 0.1) is 17.0 Å². The molecule has 2 heterocycles. The fraction of sp³-hybridized carbons (Fsp3) is 0.421. The molecule has 2 N–H and O–H groups in total. The largest absolute Gasteiger partial charge is 0.379 e. The molecule has 2 aromatic rings. The highest BCUT2D eigenvalue weighted by atomic mass is 16.6. The number of carbonyl (C=O) groups is 1. The van der Waals surface area contributed by atoms with Crippen LogP contribution in [0.15, 0.2) is 30.6 Å². The highest BCUT2D eigenvalue weighted by molar-refractivity contribution is 5.82. The van der Waals surface area contributed by atoms with Crippen molar-refractivity contribution in [3.8, 4) is 0 Å². The first-order valence-corrected chi connectivity index (χ1v) is 9.48. The predicted octanol–water partition coefficient (Wildman–Crippen LogP) is 1.89. The summed E-state index contributed by atoms with van der Waals surface area (Å²) in [6, 6.07) is 6.97. The van der Waals surface area contributed by atoms with E-state index in [1.165, 1.54) is 6.33 Å². The molecule has 1 fully saturated rings. The van der Waals surface area contributed by atoms with E-state index in [-0.39, 0.29) is 16.5 Å². The summed E-state index contributed by atoms with van der Waals surface area (Å²) < 4.78 is 0. The third-order valence-electron chi connectivity index (χ3n) is 4.76. The lowest BCUT2D eigenvalue weighted by Crippen LogP contribution is -2.48. The molecular weight excluding hydrogens is 374 g/mol. The van der Waals surface area contributed by atoms with Crippen LogP contribution in [0.2, 0.25) is 0 Å². The van der Waals surface area contributed by atoms with Crippen LogP contribution < -0.4 is 15.5 Å². The first kappa shape index (κ1) is 20.3. The molecule has 29 heavy (non-hydrogen) atoms. The van der Waals surface area contributed by atoms with Crippen molar-refractivity contribution in [1.82, 2.24) is 14.9 Å². The lowest BCUT2D eigenvalue weighted by atomic mass is 10.2. The molecule has 10 nitrogen and oxygen atoms in total. The van der Waals surface area contributed by atoms with E-state index in [1.807, 2.05) is 24.0 Å². The van der Waals surface area contributed by atoms with Crippen LogP contribution in [0.25, 0.3) is 0 Å². The minimum absolute atomic E-state index is 0.0700. The molecule has 1 aliphatic rings. The Morgan fingerprint density at radius 1 is 1.17 bits per heavy atom. The number of nitrogens with zero attached hydrogens (tertiary/aromatic N) is 5. The molecule has 0 radical (unpaired) electrons. The van der Waals surface area contributed by atoms with Gasteiger partial charge in [0.1, 0.15) is 23.7 Å². The monoisotopic (exact) mass is 399 g/mol. The summed E-state index contributed by atoms with van der Waals surface area (Å²) in [5.41, 5.74) is 1.45. The molecule has 1 aliphatic heterocycles. The minimum atomic E-state index is -0.376. The Hall–Kier alpha value is -3.43. The Kier molecular flexibility index (Phi) is 6.43. The number of hydrogen-bond donors (Lipinski definition) is 2. The van der Waals surface area contributed by atoms with Crippen molar-refractivity contribution in [3.05, 3.63) is 46.3 Å². The van der Waals surface area contributed by atoms with Crippen molar-refractivity contribution >= 4 is 28.9 Å². The van der Waals surface area contributed by atoms with Crippen molar-refractivity contribution in [2.75, 3.05) is 55.3 Å². The number of nitro groups is 1. The van der Waals surface area contributed by atoms with Gasteiger partial charge in [-0.25, -0.2) is 9.97 Å². The van der Waals surface area contributed by atoms with Gasteiger partial charge in [-0.15, -0.1) is 0 Å². The van der Waals surface area contributed by atoms with Crippen LogP contribution in [0.1, 0.15) is 12.0 Å². The number of nitro benzene ring substituents is 1. The molecule has 1 saturated heterocycles. The highest BCUT2D eigenvalue weighted by Crippen LogP contribution is 2.25. The lowest BCUT2D eigenvalue weighted by Gasteiger charge is -2.32. The zero-order valence-electron chi connectivity index (χ0n) is 16.6. The maximum absolute atomic E-state index is 11.9. The fourth-order valence-electron chi connectivity index (χ4n) is 3.04. The van der Waals surface area contributed by atoms with E-state index in [4.69, 9.17) is 0 Å².